The van der Waals surface area contributed by atoms with Crippen molar-refractivity contribution in [2.75, 3.05) is 24.7 Å². The first-order valence-corrected chi connectivity index (χ1v) is 6.97. The highest BCUT2D eigenvalue weighted by Gasteiger charge is 2.05. The summed E-state index contributed by atoms with van der Waals surface area (Å²) < 4.78 is 22.9. The molecule has 1 unspecified atom stereocenters. The van der Waals surface area contributed by atoms with Gasteiger partial charge in [-0.2, -0.15) is 15.0 Å². The van der Waals surface area contributed by atoms with E-state index >= 15 is 0 Å². The van der Waals surface area contributed by atoms with E-state index in [2.05, 4.69) is 24.5 Å². The first kappa shape index (κ1) is 14.4. The number of aromatic nitrogens is 3. The highest BCUT2D eigenvalue weighted by molar-refractivity contribution is 7.87. The van der Waals surface area contributed by atoms with Crippen molar-refractivity contribution in [2.45, 2.75) is 6.42 Å². The van der Waals surface area contributed by atoms with Crippen LogP contribution in [0.5, 0.6) is 0 Å². The summed E-state index contributed by atoms with van der Waals surface area (Å²) in [5.74, 6) is 0.368. The number of halogens is 2. The maximum Gasteiger partial charge on any atom is 0.228 e. The van der Waals surface area contributed by atoms with Gasteiger partial charge >= 0.3 is 0 Å². The molecular formula is C7H11Cl2N5O2S. The van der Waals surface area contributed by atoms with Crippen LogP contribution in [0.4, 0.5) is 5.95 Å². The van der Waals surface area contributed by atoms with Crippen LogP contribution < -0.4 is 5.32 Å². The molecule has 0 amide bonds. The number of rotatable bonds is 6. The Hall–Kier alpha value is -0.700. The summed E-state index contributed by atoms with van der Waals surface area (Å²) >= 11 is 11.2. The zero-order chi connectivity index (χ0) is 12.9. The molecule has 7 nitrogen and oxygen atoms in total. The van der Waals surface area contributed by atoms with Crippen molar-refractivity contribution in [3.05, 3.63) is 10.6 Å². The summed E-state index contributed by atoms with van der Waals surface area (Å²) in [4.78, 5) is 11.2. The van der Waals surface area contributed by atoms with Gasteiger partial charge < -0.3 is 5.32 Å². The van der Waals surface area contributed by atoms with Crippen LogP contribution in [-0.4, -0.2) is 38.6 Å². The molecule has 0 spiro atoms. The summed E-state index contributed by atoms with van der Waals surface area (Å²) in [6.07, 6.45) is 0.469. The Kier molecular flexibility index (Phi) is 5.31. The van der Waals surface area contributed by atoms with E-state index in [0.29, 0.717) is 13.0 Å². The number of hydrogen-bond donors (Lipinski definition) is 2. The summed E-state index contributed by atoms with van der Waals surface area (Å²) in [7, 11) is -1.69. The first-order valence-electron chi connectivity index (χ1n) is 4.56. The van der Waals surface area contributed by atoms with Gasteiger partial charge in [-0.1, -0.05) is 0 Å². The molecule has 2 N–H and O–H groups in total. The van der Waals surface area contributed by atoms with Gasteiger partial charge in [-0.05, 0) is 29.6 Å². The van der Waals surface area contributed by atoms with Crippen LogP contribution in [0.25, 0.3) is 0 Å². The molecule has 1 aromatic rings. The van der Waals surface area contributed by atoms with E-state index < -0.39 is 10.0 Å². The van der Waals surface area contributed by atoms with Gasteiger partial charge in [-0.25, -0.2) is 8.99 Å². The molecular weight excluding hydrogens is 289 g/mol. The molecule has 0 saturated carbocycles. The zero-order valence-electron chi connectivity index (χ0n) is 8.94. The minimum absolute atomic E-state index is 0.00585. The Balaban J connectivity index is 2.41. The summed E-state index contributed by atoms with van der Waals surface area (Å²) in [5, 5.41) is 2.82. The summed E-state index contributed by atoms with van der Waals surface area (Å²) in [6, 6.07) is 0. The molecule has 1 atom stereocenters. The Morgan fingerprint density at radius 2 is 1.94 bits per heavy atom. The second-order valence-electron chi connectivity index (χ2n) is 2.96. The summed E-state index contributed by atoms with van der Waals surface area (Å²) in [6.45, 7) is 0.426. The van der Waals surface area contributed by atoms with Gasteiger partial charge in [0.1, 0.15) is 0 Å². The minimum atomic E-state index is -2.94. The monoisotopic (exact) mass is 299 g/mol. The molecule has 0 aliphatic heterocycles. The van der Waals surface area contributed by atoms with Gasteiger partial charge in [0.2, 0.25) is 16.5 Å². The lowest BCUT2D eigenvalue weighted by Crippen LogP contribution is -2.12. The predicted molar refractivity (Wildman–Crippen MR) is 65.7 cm³/mol. The first-order chi connectivity index (χ1) is 7.93. The largest absolute Gasteiger partial charge is 0.354 e. The number of hydrogen-bond acceptors (Lipinski definition) is 7. The lowest BCUT2D eigenvalue weighted by atomic mass is 10.5. The SMILES string of the molecule is COS(=N)(=O)CCCNc1nc(Cl)nc(Cl)n1. The standard InChI is InChI=1S/C7H11Cl2N5O2S/c1-16-17(10,15)4-2-3-11-7-13-5(8)12-6(9)14-7/h10H,2-4H2,1H3,(H,11,12,13,14). The van der Waals surface area contributed by atoms with Crippen molar-refractivity contribution in [1.82, 2.24) is 15.0 Å². The maximum absolute atomic E-state index is 11.2. The van der Waals surface area contributed by atoms with Crippen LogP contribution in [-0.2, 0) is 14.2 Å². The van der Waals surface area contributed by atoms with Crippen LogP contribution in [0.3, 0.4) is 0 Å². The zero-order valence-corrected chi connectivity index (χ0v) is 11.3. The van der Waals surface area contributed by atoms with Gasteiger partial charge in [0.05, 0.1) is 12.9 Å². The van der Waals surface area contributed by atoms with Crippen LogP contribution in [0.1, 0.15) is 6.42 Å². The van der Waals surface area contributed by atoms with Gasteiger partial charge in [0.15, 0.2) is 10.0 Å². The molecule has 0 aliphatic rings. The quantitative estimate of drug-likeness (QED) is 0.774. The Morgan fingerprint density at radius 3 is 2.47 bits per heavy atom. The number of nitrogens with zero attached hydrogens (tertiary/aromatic N) is 3. The van der Waals surface area contributed by atoms with E-state index in [-0.39, 0.29) is 22.3 Å². The Bertz CT molecular complexity index is 461. The maximum atomic E-state index is 11.2. The lowest BCUT2D eigenvalue weighted by molar-refractivity contribution is 0.433. The molecule has 0 saturated heterocycles. The molecule has 1 heterocycles. The molecule has 0 bridgehead atoms. The fourth-order valence-corrected chi connectivity index (χ4v) is 2.01. The lowest BCUT2D eigenvalue weighted by Gasteiger charge is -2.06. The molecule has 0 fully saturated rings. The predicted octanol–water partition coefficient (Wildman–Crippen LogP) is 1.59. The van der Waals surface area contributed by atoms with Crippen LogP contribution in [0.2, 0.25) is 10.6 Å². The molecule has 1 rings (SSSR count). The molecule has 0 aromatic carbocycles. The molecule has 96 valence electrons. The average molecular weight is 300 g/mol. The van der Waals surface area contributed by atoms with Crippen LogP contribution in [0.15, 0.2) is 0 Å². The fraction of sp³-hybridized carbons (Fsp3) is 0.571. The second kappa shape index (κ2) is 6.29. The van der Waals surface area contributed by atoms with Crippen molar-refractivity contribution < 1.29 is 8.39 Å². The van der Waals surface area contributed by atoms with Gasteiger partial charge in [-0.3, -0.25) is 4.18 Å². The molecule has 0 aliphatic carbocycles. The third-order valence-electron chi connectivity index (χ3n) is 1.72. The van der Waals surface area contributed by atoms with Crippen LogP contribution >= 0.6 is 23.2 Å². The van der Waals surface area contributed by atoms with Crippen molar-refractivity contribution in [3.63, 3.8) is 0 Å². The molecule has 1 aromatic heterocycles. The Morgan fingerprint density at radius 1 is 1.35 bits per heavy atom. The molecule has 10 heteroatoms. The van der Waals surface area contributed by atoms with Gasteiger partial charge in [0, 0.05) is 6.54 Å². The second-order valence-corrected chi connectivity index (χ2v) is 5.61. The van der Waals surface area contributed by atoms with Crippen LogP contribution in [0, 0.1) is 4.78 Å². The van der Waals surface area contributed by atoms with E-state index in [4.69, 9.17) is 28.0 Å². The third-order valence-corrected chi connectivity index (χ3v) is 3.43. The Labute approximate surface area is 109 Å². The normalized spacial score (nSPS) is 14.3. The number of anilines is 1. The van der Waals surface area contributed by atoms with Crippen molar-refractivity contribution in [1.29, 1.82) is 4.78 Å². The van der Waals surface area contributed by atoms with E-state index in [1.807, 2.05) is 0 Å². The van der Waals surface area contributed by atoms with Gasteiger partial charge in [-0.15, -0.1) is 0 Å². The third kappa shape index (κ3) is 5.44. The molecule has 0 radical (unpaired) electrons. The number of nitrogens with one attached hydrogen (secondary N) is 2. The van der Waals surface area contributed by atoms with E-state index in [0.717, 1.165) is 0 Å². The highest BCUT2D eigenvalue weighted by atomic mass is 35.5. The highest BCUT2D eigenvalue weighted by Crippen LogP contribution is 2.09. The van der Waals surface area contributed by atoms with E-state index in [1.54, 1.807) is 0 Å². The summed E-state index contributed by atoms with van der Waals surface area (Å²) in [5.41, 5.74) is 0. The fourth-order valence-electron chi connectivity index (χ4n) is 0.951. The smallest absolute Gasteiger partial charge is 0.228 e. The average Bonchev–Trinajstić information content (AvgIpc) is 2.23. The van der Waals surface area contributed by atoms with E-state index in [9.17, 15) is 4.21 Å². The molecule has 17 heavy (non-hydrogen) atoms. The van der Waals surface area contributed by atoms with Crippen molar-refractivity contribution in [3.8, 4) is 0 Å². The minimum Gasteiger partial charge on any atom is -0.354 e. The topological polar surface area (TPSA) is 101 Å². The van der Waals surface area contributed by atoms with Crippen molar-refractivity contribution >= 4 is 39.2 Å². The van der Waals surface area contributed by atoms with Gasteiger partial charge in [0.25, 0.3) is 0 Å². The van der Waals surface area contributed by atoms with E-state index in [1.165, 1.54) is 7.11 Å². The van der Waals surface area contributed by atoms with Crippen molar-refractivity contribution in [2.24, 2.45) is 0 Å².